The molecule has 0 radical (unpaired) electrons. The molecule has 0 aromatic carbocycles. The molecule has 0 spiro atoms. The monoisotopic (exact) mass is 297 g/mol. The minimum Gasteiger partial charge on any atom is -0.480 e. The molecule has 20 heavy (non-hydrogen) atoms. The molecule has 6 heteroatoms. The van der Waals surface area contributed by atoms with Crippen molar-refractivity contribution in [2.75, 3.05) is 0 Å². The maximum Gasteiger partial charge on any atom is 0.323 e. The third-order valence-corrected chi connectivity index (χ3v) is 4.88. The molecule has 1 aliphatic carbocycles. The largest absolute Gasteiger partial charge is 0.480 e. The standard InChI is InChI=1S/C14H23N3O2S/c1-10(2)16-14(13(18)19)6-4-5-11(7-14)20-12-8-15-17(3)9-12/h8-11,16H,4-7H2,1-3H3,(H,18,19). The molecule has 0 saturated heterocycles. The number of hydrogen-bond acceptors (Lipinski definition) is 4. The molecular weight excluding hydrogens is 274 g/mol. The van der Waals surface area contributed by atoms with Crippen LogP contribution in [-0.2, 0) is 11.8 Å². The first-order valence-electron chi connectivity index (χ1n) is 7.08. The molecule has 5 nitrogen and oxygen atoms in total. The minimum atomic E-state index is -0.772. The van der Waals surface area contributed by atoms with E-state index >= 15 is 0 Å². The highest BCUT2D eigenvalue weighted by Crippen LogP contribution is 2.38. The first kappa shape index (κ1) is 15.4. The summed E-state index contributed by atoms with van der Waals surface area (Å²) in [6.45, 7) is 4.01. The Morgan fingerprint density at radius 2 is 2.40 bits per heavy atom. The maximum atomic E-state index is 11.7. The SMILES string of the molecule is CC(C)NC1(C(=O)O)CCCC(Sc2cnn(C)c2)C1. The lowest BCUT2D eigenvalue weighted by Crippen LogP contribution is -2.57. The van der Waals surface area contributed by atoms with E-state index < -0.39 is 11.5 Å². The van der Waals surface area contributed by atoms with Crippen molar-refractivity contribution in [2.24, 2.45) is 7.05 Å². The van der Waals surface area contributed by atoms with E-state index in [1.807, 2.05) is 33.3 Å². The van der Waals surface area contributed by atoms with Gasteiger partial charge in [0.2, 0.25) is 0 Å². The number of aliphatic carboxylic acids is 1. The Morgan fingerprint density at radius 3 is 2.95 bits per heavy atom. The zero-order chi connectivity index (χ0) is 14.8. The van der Waals surface area contributed by atoms with Crippen molar-refractivity contribution in [2.45, 2.75) is 61.3 Å². The van der Waals surface area contributed by atoms with Crippen LogP contribution in [0.5, 0.6) is 0 Å². The van der Waals surface area contributed by atoms with Crippen LogP contribution >= 0.6 is 11.8 Å². The summed E-state index contributed by atoms with van der Waals surface area (Å²) >= 11 is 1.75. The van der Waals surface area contributed by atoms with Gasteiger partial charge in [-0.1, -0.05) is 0 Å². The fraction of sp³-hybridized carbons (Fsp3) is 0.714. The number of carboxylic acid groups (broad SMARTS) is 1. The predicted octanol–water partition coefficient (Wildman–Crippen LogP) is 2.28. The molecule has 1 aromatic rings. The molecule has 1 saturated carbocycles. The maximum absolute atomic E-state index is 11.7. The van der Waals surface area contributed by atoms with Crippen molar-refractivity contribution in [3.8, 4) is 0 Å². The van der Waals surface area contributed by atoms with Gasteiger partial charge >= 0.3 is 5.97 Å². The van der Waals surface area contributed by atoms with Crippen molar-refractivity contribution < 1.29 is 9.90 Å². The van der Waals surface area contributed by atoms with Crippen molar-refractivity contribution in [3.05, 3.63) is 12.4 Å². The van der Waals surface area contributed by atoms with Gasteiger partial charge in [0.15, 0.2) is 0 Å². The summed E-state index contributed by atoms with van der Waals surface area (Å²) in [4.78, 5) is 12.8. The van der Waals surface area contributed by atoms with Crippen LogP contribution in [0, 0.1) is 0 Å². The summed E-state index contributed by atoms with van der Waals surface area (Å²) in [6.07, 6.45) is 7.22. The number of thioether (sulfide) groups is 1. The third kappa shape index (κ3) is 3.55. The summed E-state index contributed by atoms with van der Waals surface area (Å²) in [7, 11) is 1.90. The second-order valence-corrected chi connectivity index (χ2v) is 7.25. The second kappa shape index (κ2) is 6.18. The normalized spacial score (nSPS) is 26.9. The van der Waals surface area contributed by atoms with Gasteiger partial charge in [-0.2, -0.15) is 5.10 Å². The highest BCUT2D eigenvalue weighted by Gasteiger charge is 2.43. The molecule has 2 N–H and O–H groups in total. The molecule has 0 amide bonds. The lowest BCUT2D eigenvalue weighted by Gasteiger charge is -2.39. The van der Waals surface area contributed by atoms with Gasteiger partial charge in [-0.05, 0) is 39.5 Å². The number of aromatic nitrogens is 2. The fourth-order valence-corrected chi connectivity index (χ4v) is 4.28. The van der Waals surface area contributed by atoms with Gasteiger partial charge in [0.05, 0.1) is 6.20 Å². The molecule has 1 aromatic heterocycles. The predicted molar refractivity (Wildman–Crippen MR) is 80.0 cm³/mol. The molecule has 1 fully saturated rings. The lowest BCUT2D eigenvalue weighted by molar-refractivity contribution is -0.146. The first-order chi connectivity index (χ1) is 9.41. The fourth-order valence-electron chi connectivity index (χ4n) is 2.92. The summed E-state index contributed by atoms with van der Waals surface area (Å²) in [5.41, 5.74) is -0.772. The summed E-state index contributed by atoms with van der Waals surface area (Å²) < 4.78 is 1.78. The zero-order valence-corrected chi connectivity index (χ0v) is 13.1. The average Bonchev–Trinajstić information content (AvgIpc) is 2.74. The molecular formula is C14H23N3O2S. The molecule has 1 aliphatic rings. The van der Waals surface area contributed by atoms with Crippen molar-refractivity contribution >= 4 is 17.7 Å². The van der Waals surface area contributed by atoms with E-state index in [4.69, 9.17) is 0 Å². The molecule has 112 valence electrons. The number of aryl methyl sites for hydroxylation is 1. The Morgan fingerprint density at radius 1 is 1.65 bits per heavy atom. The third-order valence-electron chi connectivity index (χ3n) is 3.66. The van der Waals surface area contributed by atoms with Gasteiger partial charge in [0.25, 0.3) is 0 Å². The number of carboxylic acids is 1. The van der Waals surface area contributed by atoms with Crippen LogP contribution in [0.3, 0.4) is 0 Å². The van der Waals surface area contributed by atoms with E-state index in [1.54, 1.807) is 16.4 Å². The number of carbonyl (C=O) groups is 1. The summed E-state index contributed by atoms with van der Waals surface area (Å²) in [5.74, 6) is -0.720. The van der Waals surface area contributed by atoms with Crippen LogP contribution in [-0.4, -0.2) is 37.7 Å². The highest BCUT2D eigenvalue weighted by atomic mass is 32.2. The second-order valence-electron chi connectivity index (χ2n) is 5.87. The van der Waals surface area contributed by atoms with Crippen LogP contribution in [0.1, 0.15) is 39.5 Å². The van der Waals surface area contributed by atoms with Gasteiger partial charge in [-0.3, -0.25) is 14.8 Å². The number of nitrogens with one attached hydrogen (secondary N) is 1. The Balaban J connectivity index is 2.07. The molecule has 2 rings (SSSR count). The van der Waals surface area contributed by atoms with Crippen LogP contribution in [0.4, 0.5) is 0 Å². The quantitative estimate of drug-likeness (QED) is 0.872. The van der Waals surface area contributed by atoms with Gasteiger partial charge in [-0.15, -0.1) is 11.8 Å². The smallest absolute Gasteiger partial charge is 0.323 e. The van der Waals surface area contributed by atoms with Gasteiger partial charge in [0, 0.05) is 29.4 Å². The van der Waals surface area contributed by atoms with E-state index in [0.29, 0.717) is 18.1 Å². The van der Waals surface area contributed by atoms with E-state index in [2.05, 4.69) is 10.4 Å². The van der Waals surface area contributed by atoms with E-state index in [9.17, 15) is 9.90 Å². The van der Waals surface area contributed by atoms with Gasteiger partial charge in [0.1, 0.15) is 5.54 Å². The molecule has 2 atom stereocenters. The molecule has 0 aliphatic heterocycles. The molecule has 0 bridgehead atoms. The Hall–Kier alpha value is -1.01. The molecule has 2 unspecified atom stereocenters. The highest BCUT2D eigenvalue weighted by molar-refractivity contribution is 8.00. The Labute approximate surface area is 124 Å². The van der Waals surface area contributed by atoms with Crippen LogP contribution in [0.15, 0.2) is 17.3 Å². The number of hydrogen-bond donors (Lipinski definition) is 2. The number of rotatable bonds is 5. The van der Waals surface area contributed by atoms with E-state index in [0.717, 1.165) is 17.7 Å². The van der Waals surface area contributed by atoms with Crippen molar-refractivity contribution in [1.82, 2.24) is 15.1 Å². The van der Waals surface area contributed by atoms with E-state index in [1.165, 1.54) is 0 Å². The van der Waals surface area contributed by atoms with Crippen LogP contribution < -0.4 is 5.32 Å². The summed E-state index contributed by atoms with van der Waals surface area (Å²) in [5, 5.41) is 17.4. The Bertz CT molecular complexity index is 475. The average molecular weight is 297 g/mol. The first-order valence-corrected chi connectivity index (χ1v) is 7.96. The summed E-state index contributed by atoms with van der Waals surface area (Å²) in [6, 6.07) is 0.174. The lowest BCUT2D eigenvalue weighted by atomic mass is 9.81. The van der Waals surface area contributed by atoms with Gasteiger partial charge < -0.3 is 5.11 Å². The molecule has 1 heterocycles. The van der Waals surface area contributed by atoms with Crippen LogP contribution in [0.2, 0.25) is 0 Å². The van der Waals surface area contributed by atoms with Crippen molar-refractivity contribution in [3.63, 3.8) is 0 Å². The zero-order valence-electron chi connectivity index (χ0n) is 12.3. The van der Waals surface area contributed by atoms with Crippen molar-refractivity contribution in [1.29, 1.82) is 0 Å². The minimum absolute atomic E-state index is 0.174. The van der Waals surface area contributed by atoms with Crippen LogP contribution in [0.25, 0.3) is 0 Å². The van der Waals surface area contributed by atoms with E-state index in [-0.39, 0.29) is 6.04 Å². The van der Waals surface area contributed by atoms with Gasteiger partial charge in [-0.25, -0.2) is 0 Å². The Kier molecular flexibility index (Phi) is 4.75. The topological polar surface area (TPSA) is 67.2 Å². The number of nitrogens with zero attached hydrogens (tertiary/aromatic N) is 2.